The molecule has 2 aliphatic carbocycles. The largest absolute Gasteiger partial charge is 0.481 e. The molecule has 0 aliphatic heterocycles. The van der Waals surface area contributed by atoms with Crippen LogP contribution in [0.15, 0.2) is 6.20 Å². The first kappa shape index (κ1) is 11.6. The summed E-state index contributed by atoms with van der Waals surface area (Å²) in [5, 5.41) is 9.04. The SMILES string of the molecule is O=C(O)C1CCc2nc(CC3CCC3)ncc2C1. The van der Waals surface area contributed by atoms with Gasteiger partial charge in [0.15, 0.2) is 0 Å². The third-order valence-electron chi connectivity index (χ3n) is 4.25. The van der Waals surface area contributed by atoms with Crippen molar-refractivity contribution in [1.82, 2.24) is 9.97 Å². The number of carboxylic acids is 1. The van der Waals surface area contributed by atoms with Gasteiger partial charge in [-0.15, -0.1) is 0 Å². The van der Waals surface area contributed by atoms with E-state index in [9.17, 15) is 4.79 Å². The molecule has 0 aromatic carbocycles. The molecule has 18 heavy (non-hydrogen) atoms. The number of carboxylic acid groups (broad SMARTS) is 1. The first-order valence-electron chi connectivity index (χ1n) is 6.79. The molecule has 4 nitrogen and oxygen atoms in total. The van der Waals surface area contributed by atoms with Gasteiger partial charge in [-0.2, -0.15) is 0 Å². The molecule has 0 saturated heterocycles. The summed E-state index contributed by atoms with van der Waals surface area (Å²) in [5.74, 6) is 0.781. The van der Waals surface area contributed by atoms with Crippen molar-refractivity contribution in [3.63, 3.8) is 0 Å². The smallest absolute Gasteiger partial charge is 0.306 e. The fraction of sp³-hybridized carbons (Fsp3) is 0.643. The molecule has 1 saturated carbocycles. The van der Waals surface area contributed by atoms with Crippen molar-refractivity contribution in [3.05, 3.63) is 23.3 Å². The summed E-state index contributed by atoms with van der Waals surface area (Å²) in [6.07, 6.45) is 8.89. The fourth-order valence-corrected chi connectivity index (χ4v) is 2.81. The van der Waals surface area contributed by atoms with Crippen LogP contribution in [0.25, 0.3) is 0 Å². The zero-order valence-corrected chi connectivity index (χ0v) is 10.4. The Kier molecular flexibility index (Phi) is 3.02. The second kappa shape index (κ2) is 4.67. The zero-order valence-electron chi connectivity index (χ0n) is 10.4. The lowest BCUT2D eigenvalue weighted by Crippen LogP contribution is -2.24. The second-order valence-electron chi connectivity index (χ2n) is 5.54. The lowest BCUT2D eigenvalue weighted by Gasteiger charge is -2.25. The molecule has 3 rings (SSSR count). The Morgan fingerprint density at radius 1 is 1.39 bits per heavy atom. The maximum absolute atomic E-state index is 11.0. The van der Waals surface area contributed by atoms with Gasteiger partial charge in [-0.1, -0.05) is 19.3 Å². The molecule has 0 amide bonds. The van der Waals surface area contributed by atoms with Crippen molar-refractivity contribution in [2.75, 3.05) is 0 Å². The Labute approximate surface area is 106 Å². The molecule has 1 heterocycles. The summed E-state index contributed by atoms with van der Waals surface area (Å²) in [4.78, 5) is 20.0. The van der Waals surface area contributed by atoms with Crippen LogP contribution in [0, 0.1) is 11.8 Å². The van der Waals surface area contributed by atoms with Crippen molar-refractivity contribution in [3.8, 4) is 0 Å². The maximum atomic E-state index is 11.0. The van der Waals surface area contributed by atoms with Gasteiger partial charge in [0.05, 0.1) is 5.92 Å². The van der Waals surface area contributed by atoms with E-state index < -0.39 is 5.97 Å². The summed E-state index contributed by atoms with van der Waals surface area (Å²) >= 11 is 0. The van der Waals surface area contributed by atoms with E-state index >= 15 is 0 Å². The van der Waals surface area contributed by atoms with Crippen molar-refractivity contribution in [2.45, 2.75) is 44.9 Å². The Morgan fingerprint density at radius 3 is 2.89 bits per heavy atom. The third-order valence-corrected chi connectivity index (χ3v) is 4.25. The van der Waals surface area contributed by atoms with Crippen molar-refractivity contribution in [1.29, 1.82) is 0 Å². The first-order chi connectivity index (χ1) is 8.72. The van der Waals surface area contributed by atoms with Crippen LogP contribution in [-0.2, 0) is 24.1 Å². The zero-order chi connectivity index (χ0) is 12.5. The monoisotopic (exact) mass is 246 g/mol. The van der Waals surface area contributed by atoms with Crippen LogP contribution in [0.4, 0.5) is 0 Å². The summed E-state index contributed by atoms with van der Waals surface area (Å²) in [6.45, 7) is 0. The van der Waals surface area contributed by atoms with Gasteiger partial charge in [0, 0.05) is 18.3 Å². The lowest BCUT2D eigenvalue weighted by molar-refractivity contribution is -0.142. The predicted octanol–water partition coefficient (Wildman–Crippen LogP) is 2.01. The summed E-state index contributed by atoms with van der Waals surface area (Å²) in [5.41, 5.74) is 2.11. The van der Waals surface area contributed by atoms with E-state index in [0.29, 0.717) is 12.8 Å². The molecular formula is C14H18N2O2. The number of aryl methyl sites for hydroxylation is 1. The minimum Gasteiger partial charge on any atom is -0.481 e. The van der Waals surface area contributed by atoms with E-state index in [1.54, 1.807) is 0 Å². The highest BCUT2D eigenvalue weighted by Crippen LogP contribution is 2.30. The van der Waals surface area contributed by atoms with Crippen LogP contribution in [0.3, 0.4) is 0 Å². The third kappa shape index (κ3) is 2.24. The van der Waals surface area contributed by atoms with Gasteiger partial charge in [0.25, 0.3) is 0 Å². The number of aliphatic carboxylic acids is 1. The number of rotatable bonds is 3. The Morgan fingerprint density at radius 2 is 2.22 bits per heavy atom. The molecular weight excluding hydrogens is 228 g/mol. The van der Waals surface area contributed by atoms with E-state index in [0.717, 1.165) is 35.8 Å². The first-order valence-corrected chi connectivity index (χ1v) is 6.79. The number of hydrogen-bond acceptors (Lipinski definition) is 3. The van der Waals surface area contributed by atoms with Crippen molar-refractivity contribution < 1.29 is 9.90 Å². The Hall–Kier alpha value is -1.45. The van der Waals surface area contributed by atoms with E-state index in [-0.39, 0.29) is 5.92 Å². The lowest BCUT2D eigenvalue weighted by atomic mass is 9.82. The normalized spacial score (nSPS) is 23.2. The van der Waals surface area contributed by atoms with Crippen molar-refractivity contribution >= 4 is 5.97 Å². The van der Waals surface area contributed by atoms with Gasteiger partial charge in [-0.3, -0.25) is 4.79 Å². The molecule has 2 aliphatic rings. The molecule has 1 unspecified atom stereocenters. The molecule has 0 spiro atoms. The molecule has 0 radical (unpaired) electrons. The maximum Gasteiger partial charge on any atom is 0.306 e. The molecule has 1 N–H and O–H groups in total. The molecule has 4 heteroatoms. The Bertz CT molecular complexity index is 469. The highest BCUT2D eigenvalue weighted by Gasteiger charge is 2.26. The van der Waals surface area contributed by atoms with Crippen LogP contribution < -0.4 is 0 Å². The van der Waals surface area contributed by atoms with E-state index in [4.69, 9.17) is 5.11 Å². The van der Waals surface area contributed by atoms with Gasteiger partial charge in [0.1, 0.15) is 5.82 Å². The highest BCUT2D eigenvalue weighted by molar-refractivity contribution is 5.70. The van der Waals surface area contributed by atoms with Crippen LogP contribution in [-0.4, -0.2) is 21.0 Å². The minimum absolute atomic E-state index is 0.251. The van der Waals surface area contributed by atoms with Crippen LogP contribution >= 0.6 is 0 Å². The summed E-state index contributed by atoms with van der Waals surface area (Å²) in [6, 6.07) is 0. The average Bonchev–Trinajstić information content (AvgIpc) is 2.33. The number of fused-ring (bicyclic) bond motifs is 1. The van der Waals surface area contributed by atoms with Crippen LogP contribution in [0.1, 0.15) is 42.8 Å². The summed E-state index contributed by atoms with van der Waals surface area (Å²) < 4.78 is 0. The number of aromatic nitrogens is 2. The topological polar surface area (TPSA) is 63.1 Å². The molecule has 96 valence electrons. The molecule has 1 atom stereocenters. The predicted molar refractivity (Wildman–Crippen MR) is 66.2 cm³/mol. The second-order valence-corrected chi connectivity index (χ2v) is 5.54. The Balaban J connectivity index is 1.73. The van der Waals surface area contributed by atoms with Gasteiger partial charge in [0.2, 0.25) is 0 Å². The van der Waals surface area contributed by atoms with E-state index in [1.807, 2.05) is 6.20 Å². The molecule has 1 fully saturated rings. The summed E-state index contributed by atoms with van der Waals surface area (Å²) in [7, 11) is 0. The fourth-order valence-electron chi connectivity index (χ4n) is 2.81. The van der Waals surface area contributed by atoms with Gasteiger partial charge >= 0.3 is 5.97 Å². The van der Waals surface area contributed by atoms with E-state index in [1.165, 1.54) is 19.3 Å². The number of nitrogens with zero attached hydrogens (tertiary/aromatic N) is 2. The standard InChI is InChI=1S/C14H18N2O2/c17-14(18)10-4-5-12-11(7-10)8-15-13(16-12)6-9-2-1-3-9/h8-10H,1-7H2,(H,17,18). The van der Waals surface area contributed by atoms with Gasteiger partial charge in [-0.05, 0) is 30.7 Å². The van der Waals surface area contributed by atoms with E-state index in [2.05, 4.69) is 9.97 Å². The quantitative estimate of drug-likeness (QED) is 0.886. The molecule has 1 aromatic rings. The minimum atomic E-state index is -0.695. The van der Waals surface area contributed by atoms with Gasteiger partial charge < -0.3 is 5.11 Å². The average molecular weight is 246 g/mol. The highest BCUT2D eigenvalue weighted by atomic mass is 16.4. The van der Waals surface area contributed by atoms with Crippen molar-refractivity contribution in [2.24, 2.45) is 11.8 Å². The van der Waals surface area contributed by atoms with Crippen LogP contribution in [0.5, 0.6) is 0 Å². The number of carbonyl (C=O) groups is 1. The van der Waals surface area contributed by atoms with Gasteiger partial charge in [-0.25, -0.2) is 9.97 Å². The molecule has 0 bridgehead atoms. The van der Waals surface area contributed by atoms with Crippen LogP contribution in [0.2, 0.25) is 0 Å². The number of hydrogen-bond donors (Lipinski definition) is 1. The molecule has 1 aromatic heterocycles.